The van der Waals surface area contributed by atoms with Crippen molar-refractivity contribution in [1.29, 1.82) is 0 Å². The van der Waals surface area contributed by atoms with Crippen molar-refractivity contribution >= 4 is 0 Å². The molecule has 0 unspecified atom stereocenters. The van der Waals surface area contributed by atoms with Crippen LogP contribution in [0.5, 0.6) is 0 Å². The molecular formula is C20H28O4. The van der Waals surface area contributed by atoms with Gasteiger partial charge in [-0.05, 0) is 30.8 Å². The van der Waals surface area contributed by atoms with Gasteiger partial charge >= 0.3 is 0 Å². The molecule has 2 bridgehead atoms. The van der Waals surface area contributed by atoms with E-state index in [1.54, 1.807) is 21.3 Å². The van der Waals surface area contributed by atoms with E-state index in [9.17, 15) is 5.11 Å². The summed E-state index contributed by atoms with van der Waals surface area (Å²) in [6, 6.07) is 0. The minimum atomic E-state index is -0.821. The fraction of sp³-hybridized carbons (Fsp3) is 0.700. The van der Waals surface area contributed by atoms with E-state index in [-0.39, 0.29) is 30.1 Å². The normalized spacial score (nSPS) is 49.3. The second kappa shape index (κ2) is 6.10. The van der Waals surface area contributed by atoms with Gasteiger partial charge in [-0.2, -0.15) is 0 Å². The van der Waals surface area contributed by atoms with E-state index >= 15 is 0 Å². The highest BCUT2D eigenvalue weighted by Crippen LogP contribution is 2.58. The number of ether oxygens (including phenoxy) is 3. The van der Waals surface area contributed by atoms with Gasteiger partial charge in [0.25, 0.3) is 0 Å². The maximum atomic E-state index is 11.8. The first-order valence-corrected chi connectivity index (χ1v) is 9.02. The van der Waals surface area contributed by atoms with E-state index in [0.717, 1.165) is 24.8 Å². The monoisotopic (exact) mass is 332 g/mol. The molecule has 0 spiro atoms. The van der Waals surface area contributed by atoms with Crippen molar-refractivity contribution in [3.63, 3.8) is 0 Å². The van der Waals surface area contributed by atoms with Gasteiger partial charge in [0, 0.05) is 39.1 Å². The van der Waals surface area contributed by atoms with Crippen molar-refractivity contribution < 1.29 is 19.3 Å². The highest BCUT2D eigenvalue weighted by molar-refractivity contribution is 5.36. The van der Waals surface area contributed by atoms with Crippen LogP contribution in [0, 0.1) is 23.7 Å². The summed E-state index contributed by atoms with van der Waals surface area (Å²) in [6.07, 6.45) is 13.8. The summed E-state index contributed by atoms with van der Waals surface area (Å²) in [5, 5.41) is 11.8. The first kappa shape index (κ1) is 16.5. The van der Waals surface area contributed by atoms with Crippen LogP contribution in [-0.2, 0) is 14.2 Å². The van der Waals surface area contributed by atoms with Crippen molar-refractivity contribution in [1.82, 2.24) is 0 Å². The lowest BCUT2D eigenvalue weighted by molar-refractivity contribution is -0.141. The smallest absolute Gasteiger partial charge is 0.0953 e. The lowest BCUT2D eigenvalue weighted by Crippen LogP contribution is -2.61. The van der Waals surface area contributed by atoms with Gasteiger partial charge in [-0.1, -0.05) is 30.4 Å². The summed E-state index contributed by atoms with van der Waals surface area (Å²) in [5.74, 6) is 0.944. The molecule has 0 aromatic rings. The quantitative estimate of drug-likeness (QED) is 0.804. The molecule has 132 valence electrons. The third kappa shape index (κ3) is 2.20. The van der Waals surface area contributed by atoms with Gasteiger partial charge in [0.1, 0.15) is 0 Å². The lowest BCUT2D eigenvalue weighted by atomic mass is 9.50. The zero-order valence-electron chi connectivity index (χ0n) is 14.7. The van der Waals surface area contributed by atoms with Crippen LogP contribution in [0.1, 0.15) is 19.3 Å². The third-order valence-electron chi connectivity index (χ3n) is 6.74. The first-order chi connectivity index (χ1) is 11.6. The summed E-state index contributed by atoms with van der Waals surface area (Å²) in [5.41, 5.74) is 0.263. The molecule has 0 radical (unpaired) electrons. The molecule has 0 aromatic carbocycles. The van der Waals surface area contributed by atoms with E-state index in [0.29, 0.717) is 11.8 Å². The Kier molecular flexibility index (Phi) is 4.20. The molecule has 1 N–H and O–H groups in total. The van der Waals surface area contributed by atoms with Crippen LogP contribution in [0.2, 0.25) is 0 Å². The van der Waals surface area contributed by atoms with Crippen LogP contribution >= 0.6 is 0 Å². The van der Waals surface area contributed by atoms with E-state index in [4.69, 9.17) is 14.2 Å². The summed E-state index contributed by atoms with van der Waals surface area (Å²) in [4.78, 5) is 0. The SMILES string of the molecule is CO[C@H]1CCC=C1[C@]1(O)C[C@@H]2C=C[C@H]1[C@@H]1[C@H]2[C@H](OC)C=C[C@@H]1OC. The molecule has 5 aliphatic carbocycles. The zero-order chi connectivity index (χ0) is 16.9. The molecule has 4 nitrogen and oxygen atoms in total. The summed E-state index contributed by atoms with van der Waals surface area (Å²) < 4.78 is 17.2. The molecule has 5 aliphatic rings. The van der Waals surface area contributed by atoms with Crippen LogP contribution in [-0.4, -0.2) is 50.3 Å². The van der Waals surface area contributed by atoms with Crippen molar-refractivity contribution in [3.05, 3.63) is 36.0 Å². The molecule has 1 saturated carbocycles. The molecule has 24 heavy (non-hydrogen) atoms. The Morgan fingerprint density at radius 1 is 0.958 bits per heavy atom. The van der Waals surface area contributed by atoms with Gasteiger partial charge in [0.05, 0.1) is 23.9 Å². The number of aliphatic hydroxyl groups is 1. The van der Waals surface area contributed by atoms with E-state index in [2.05, 4.69) is 30.4 Å². The summed E-state index contributed by atoms with van der Waals surface area (Å²) in [7, 11) is 5.28. The van der Waals surface area contributed by atoms with Gasteiger partial charge < -0.3 is 19.3 Å². The highest BCUT2D eigenvalue weighted by atomic mass is 16.5. The maximum absolute atomic E-state index is 11.8. The Morgan fingerprint density at radius 2 is 1.67 bits per heavy atom. The molecular weight excluding hydrogens is 304 g/mol. The largest absolute Gasteiger partial charge is 0.385 e. The van der Waals surface area contributed by atoms with E-state index in [1.807, 2.05) is 0 Å². The van der Waals surface area contributed by atoms with Gasteiger partial charge in [0.2, 0.25) is 0 Å². The van der Waals surface area contributed by atoms with Crippen LogP contribution in [0.3, 0.4) is 0 Å². The minimum absolute atomic E-state index is 0.0219. The summed E-state index contributed by atoms with van der Waals surface area (Å²) >= 11 is 0. The number of hydrogen-bond donors (Lipinski definition) is 1. The molecule has 4 heteroatoms. The first-order valence-electron chi connectivity index (χ1n) is 9.02. The van der Waals surface area contributed by atoms with Crippen molar-refractivity contribution in [3.8, 4) is 0 Å². The minimum Gasteiger partial charge on any atom is -0.385 e. The Hall–Kier alpha value is -0.940. The Labute approximate surface area is 144 Å². The Morgan fingerprint density at radius 3 is 2.33 bits per heavy atom. The number of hydrogen-bond acceptors (Lipinski definition) is 4. The fourth-order valence-electron chi connectivity index (χ4n) is 5.74. The second-order valence-corrected chi connectivity index (χ2v) is 7.60. The van der Waals surface area contributed by atoms with E-state index < -0.39 is 5.60 Å². The average molecular weight is 332 g/mol. The predicted octanol–water partition coefficient (Wildman–Crippen LogP) is 2.49. The van der Waals surface area contributed by atoms with Crippen LogP contribution in [0.15, 0.2) is 36.0 Å². The molecule has 5 rings (SSSR count). The zero-order valence-corrected chi connectivity index (χ0v) is 14.7. The fourth-order valence-corrected chi connectivity index (χ4v) is 5.74. The van der Waals surface area contributed by atoms with Crippen LogP contribution in [0.25, 0.3) is 0 Å². The number of rotatable bonds is 4. The average Bonchev–Trinajstić information content (AvgIpc) is 3.10. The van der Waals surface area contributed by atoms with Crippen molar-refractivity contribution in [2.45, 2.75) is 43.2 Å². The predicted molar refractivity (Wildman–Crippen MR) is 91.5 cm³/mol. The number of methoxy groups -OCH3 is 3. The number of allylic oxidation sites excluding steroid dienone is 2. The molecule has 0 amide bonds. The van der Waals surface area contributed by atoms with Gasteiger partial charge in [-0.15, -0.1) is 0 Å². The van der Waals surface area contributed by atoms with Crippen LogP contribution in [0.4, 0.5) is 0 Å². The molecule has 0 heterocycles. The topological polar surface area (TPSA) is 47.9 Å². The molecule has 0 aromatic heterocycles. The number of fused-ring (bicyclic) bond motifs is 1. The second-order valence-electron chi connectivity index (χ2n) is 7.60. The van der Waals surface area contributed by atoms with Crippen molar-refractivity contribution in [2.75, 3.05) is 21.3 Å². The highest BCUT2D eigenvalue weighted by Gasteiger charge is 2.60. The Balaban J connectivity index is 1.74. The standard InChI is InChI=1S/C20H28O4/c1-22-15-6-4-5-13(15)20(21)11-12-7-8-14(20)19-17(24-3)10-9-16(23-2)18(12)19/h5,7-10,12,14-19,21H,4,6,11H2,1-3H3/t12-,14-,15-,16+,17-,18+,19-,20+/m0/s1. The van der Waals surface area contributed by atoms with E-state index in [1.165, 1.54) is 0 Å². The lowest BCUT2D eigenvalue weighted by Gasteiger charge is -2.58. The van der Waals surface area contributed by atoms with Crippen LogP contribution < -0.4 is 0 Å². The molecule has 1 fully saturated rings. The van der Waals surface area contributed by atoms with Gasteiger partial charge in [-0.25, -0.2) is 0 Å². The van der Waals surface area contributed by atoms with Gasteiger partial charge in [0.15, 0.2) is 0 Å². The van der Waals surface area contributed by atoms with Gasteiger partial charge in [-0.3, -0.25) is 0 Å². The molecule has 8 atom stereocenters. The summed E-state index contributed by atoms with van der Waals surface area (Å²) in [6.45, 7) is 0. The third-order valence-corrected chi connectivity index (χ3v) is 6.74. The van der Waals surface area contributed by atoms with Crippen molar-refractivity contribution in [2.24, 2.45) is 23.7 Å². The maximum Gasteiger partial charge on any atom is 0.0953 e. The molecule has 0 aliphatic heterocycles. The molecule has 0 saturated heterocycles. The Bertz CT molecular complexity index is 580.